The third-order valence-electron chi connectivity index (χ3n) is 3.70. The van der Waals surface area contributed by atoms with Gasteiger partial charge in [-0.1, -0.05) is 18.2 Å². The molecule has 0 bridgehead atoms. The molecule has 7 heteroatoms. The Morgan fingerprint density at radius 2 is 1.67 bits per heavy atom. The molecule has 2 N–H and O–H groups in total. The van der Waals surface area contributed by atoms with Gasteiger partial charge in [-0.2, -0.15) is 4.68 Å². The molecule has 0 unspecified atom stereocenters. The lowest BCUT2D eigenvalue weighted by Crippen LogP contribution is -2.21. The van der Waals surface area contributed by atoms with Crippen molar-refractivity contribution >= 4 is 5.65 Å². The highest BCUT2D eigenvalue weighted by Crippen LogP contribution is 2.18. The summed E-state index contributed by atoms with van der Waals surface area (Å²) >= 11 is 0. The van der Waals surface area contributed by atoms with E-state index in [1.165, 1.54) is 27.4 Å². The van der Waals surface area contributed by atoms with E-state index in [2.05, 4.69) is 10.1 Å². The number of aromatic nitrogens is 4. The first-order chi connectivity index (χ1) is 11.6. The normalized spacial score (nSPS) is 11.0. The molecule has 2 aromatic heterocycles. The lowest BCUT2D eigenvalue weighted by atomic mass is 10.1. The summed E-state index contributed by atoms with van der Waals surface area (Å²) in [5.41, 5.74) is 0.839. The van der Waals surface area contributed by atoms with E-state index in [4.69, 9.17) is 0 Å². The summed E-state index contributed by atoms with van der Waals surface area (Å²) < 4.78 is 2.40. The summed E-state index contributed by atoms with van der Waals surface area (Å²) in [6, 6.07) is 15.2. The number of benzene rings is 2. The van der Waals surface area contributed by atoms with Crippen LogP contribution in [0.15, 0.2) is 70.4 Å². The number of phenolic OH excluding ortho intramolecular Hbond substituents is 1. The van der Waals surface area contributed by atoms with Crippen molar-refractivity contribution in [3.63, 3.8) is 0 Å². The molecular formula is C17H12N4O3. The lowest BCUT2D eigenvalue weighted by molar-refractivity contribution is 0.475. The van der Waals surface area contributed by atoms with Gasteiger partial charge < -0.3 is 10.1 Å². The predicted octanol–water partition coefficient (Wildman–Crippen LogP) is 1.55. The fraction of sp³-hybridized carbons (Fsp3) is 0. The number of hydrogen-bond acceptors (Lipinski definition) is 4. The second-order valence-electron chi connectivity index (χ2n) is 5.27. The monoisotopic (exact) mass is 320 g/mol. The van der Waals surface area contributed by atoms with Crippen LogP contribution in [0.25, 0.3) is 22.6 Å². The van der Waals surface area contributed by atoms with Gasteiger partial charge in [-0.25, -0.2) is 9.20 Å². The largest absolute Gasteiger partial charge is 0.508 e. The molecule has 0 aliphatic heterocycles. The van der Waals surface area contributed by atoms with Crippen LogP contribution in [-0.4, -0.2) is 24.3 Å². The van der Waals surface area contributed by atoms with Crippen molar-refractivity contribution in [3.05, 3.63) is 81.6 Å². The third kappa shape index (κ3) is 2.19. The summed E-state index contributed by atoms with van der Waals surface area (Å²) in [7, 11) is 0. The van der Waals surface area contributed by atoms with Crippen molar-refractivity contribution in [1.82, 2.24) is 19.2 Å². The van der Waals surface area contributed by atoms with E-state index < -0.39 is 11.2 Å². The molecule has 0 saturated heterocycles. The van der Waals surface area contributed by atoms with Crippen LogP contribution < -0.4 is 11.2 Å². The number of fused-ring (bicyclic) bond motifs is 1. The number of para-hydroxylation sites is 1. The average molecular weight is 320 g/mol. The zero-order chi connectivity index (χ0) is 16.7. The molecule has 0 atom stereocenters. The van der Waals surface area contributed by atoms with Crippen LogP contribution in [0.2, 0.25) is 0 Å². The fourth-order valence-corrected chi connectivity index (χ4v) is 2.51. The first kappa shape index (κ1) is 14.0. The molecule has 0 spiro atoms. The third-order valence-corrected chi connectivity index (χ3v) is 3.70. The molecule has 24 heavy (non-hydrogen) atoms. The Hall–Kier alpha value is -3.61. The number of rotatable bonds is 2. The average Bonchev–Trinajstić information content (AvgIpc) is 2.94. The zero-order valence-corrected chi connectivity index (χ0v) is 12.4. The second-order valence-corrected chi connectivity index (χ2v) is 5.27. The van der Waals surface area contributed by atoms with Gasteiger partial charge >= 0.3 is 5.69 Å². The van der Waals surface area contributed by atoms with Gasteiger partial charge in [0.1, 0.15) is 5.75 Å². The highest BCUT2D eigenvalue weighted by Gasteiger charge is 2.13. The Morgan fingerprint density at radius 1 is 0.958 bits per heavy atom. The zero-order valence-electron chi connectivity index (χ0n) is 12.4. The smallest absolute Gasteiger partial charge is 0.355 e. The van der Waals surface area contributed by atoms with E-state index in [1.807, 2.05) is 6.07 Å². The van der Waals surface area contributed by atoms with Crippen LogP contribution in [0, 0.1) is 0 Å². The molecule has 4 aromatic rings. The lowest BCUT2D eigenvalue weighted by Gasteiger charge is -2.02. The molecule has 0 radical (unpaired) electrons. The van der Waals surface area contributed by atoms with Crippen LogP contribution in [0.5, 0.6) is 5.75 Å². The van der Waals surface area contributed by atoms with E-state index in [0.717, 1.165) is 0 Å². The maximum atomic E-state index is 12.6. The number of hydrogen-bond donors (Lipinski definition) is 2. The molecule has 118 valence electrons. The Kier molecular flexibility index (Phi) is 3.06. The number of nitrogens with zero attached hydrogens (tertiary/aromatic N) is 3. The van der Waals surface area contributed by atoms with E-state index in [-0.39, 0.29) is 11.4 Å². The van der Waals surface area contributed by atoms with Crippen LogP contribution in [0.1, 0.15) is 0 Å². The van der Waals surface area contributed by atoms with Crippen molar-refractivity contribution in [2.45, 2.75) is 0 Å². The Bertz CT molecular complexity index is 1140. The molecule has 0 saturated carbocycles. The molecule has 0 aliphatic carbocycles. The van der Waals surface area contributed by atoms with Crippen molar-refractivity contribution < 1.29 is 5.11 Å². The Labute approximate surface area is 135 Å². The minimum Gasteiger partial charge on any atom is -0.508 e. The molecule has 2 aromatic carbocycles. The van der Waals surface area contributed by atoms with Gasteiger partial charge in [-0.15, -0.1) is 5.10 Å². The van der Waals surface area contributed by atoms with Crippen molar-refractivity contribution in [2.24, 2.45) is 0 Å². The first-order valence-electron chi connectivity index (χ1n) is 7.23. The van der Waals surface area contributed by atoms with Gasteiger partial charge in [0.05, 0.1) is 11.4 Å². The number of nitrogens with one attached hydrogen (secondary N) is 1. The number of aromatic amines is 1. The van der Waals surface area contributed by atoms with Crippen molar-refractivity contribution in [1.29, 1.82) is 0 Å². The molecule has 0 fully saturated rings. The topological polar surface area (TPSA) is 92.4 Å². The highest BCUT2D eigenvalue weighted by atomic mass is 16.3. The van der Waals surface area contributed by atoms with Gasteiger partial charge in [-0.05, 0) is 42.0 Å². The second kappa shape index (κ2) is 5.24. The summed E-state index contributed by atoms with van der Waals surface area (Å²) in [5.74, 6) is 0.122. The van der Waals surface area contributed by atoms with Gasteiger partial charge in [0.2, 0.25) is 5.65 Å². The Morgan fingerprint density at radius 3 is 2.38 bits per heavy atom. The molecular weight excluding hydrogens is 308 g/mol. The standard InChI is InChI=1S/C17H12N4O3/c22-13-8-6-11(7-9-13)14-10-20-15(16(23)18-14)19-21(17(20)24)12-4-2-1-3-5-12/h1-10,22H,(H,18,23). The summed E-state index contributed by atoms with van der Waals surface area (Å²) in [5, 5.41) is 13.5. The highest BCUT2D eigenvalue weighted by molar-refractivity contribution is 5.60. The van der Waals surface area contributed by atoms with Gasteiger partial charge in [0.25, 0.3) is 5.56 Å². The summed E-state index contributed by atoms with van der Waals surface area (Å²) in [6.45, 7) is 0. The SMILES string of the molecule is O=c1[nH]c(-c2ccc(O)cc2)cn2c(=O)n(-c3ccccc3)nc12. The van der Waals surface area contributed by atoms with E-state index in [1.54, 1.807) is 36.4 Å². The van der Waals surface area contributed by atoms with E-state index in [9.17, 15) is 14.7 Å². The van der Waals surface area contributed by atoms with Gasteiger partial charge in [0, 0.05) is 6.20 Å². The van der Waals surface area contributed by atoms with E-state index >= 15 is 0 Å². The van der Waals surface area contributed by atoms with Crippen LogP contribution in [0.3, 0.4) is 0 Å². The van der Waals surface area contributed by atoms with Crippen LogP contribution >= 0.6 is 0 Å². The minimum absolute atomic E-state index is 0.0198. The summed E-state index contributed by atoms with van der Waals surface area (Å²) in [6.07, 6.45) is 1.53. The van der Waals surface area contributed by atoms with Crippen LogP contribution in [-0.2, 0) is 0 Å². The fourth-order valence-electron chi connectivity index (χ4n) is 2.51. The molecule has 2 heterocycles. The minimum atomic E-state index is -0.465. The maximum absolute atomic E-state index is 12.6. The maximum Gasteiger partial charge on any atom is 0.355 e. The molecule has 0 amide bonds. The quantitative estimate of drug-likeness (QED) is 0.586. The van der Waals surface area contributed by atoms with Gasteiger partial charge in [0.15, 0.2) is 0 Å². The molecule has 7 nitrogen and oxygen atoms in total. The first-order valence-corrected chi connectivity index (χ1v) is 7.23. The predicted molar refractivity (Wildman–Crippen MR) is 88.5 cm³/mol. The van der Waals surface area contributed by atoms with Crippen molar-refractivity contribution in [2.75, 3.05) is 0 Å². The molecule has 0 aliphatic rings. The Balaban J connectivity index is 1.96. The number of H-pyrrole nitrogens is 1. The van der Waals surface area contributed by atoms with Gasteiger partial charge in [-0.3, -0.25) is 4.79 Å². The molecule has 4 rings (SSSR count). The number of phenols is 1. The van der Waals surface area contributed by atoms with Crippen molar-refractivity contribution in [3.8, 4) is 22.7 Å². The number of aromatic hydroxyl groups is 1. The summed E-state index contributed by atoms with van der Waals surface area (Å²) in [4.78, 5) is 27.6. The van der Waals surface area contributed by atoms with Crippen LogP contribution in [0.4, 0.5) is 0 Å². The van der Waals surface area contributed by atoms with E-state index in [0.29, 0.717) is 16.9 Å².